The Balaban J connectivity index is 2.49. The van der Waals surface area contributed by atoms with Crippen LogP contribution in [0.4, 0.5) is 4.79 Å². The molecule has 2 rings (SSSR count). The Bertz CT molecular complexity index is 1120. The zero-order valence-corrected chi connectivity index (χ0v) is 26.7. The Morgan fingerprint density at radius 1 is 0.976 bits per heavy atom. The molecule has 0 radical (unpaired) electrons. The van der Waals surface area contributed by atoms with Crippen molar-refractivity contribution in [1.29, 1.82) is 0 Å². The van der Waals surface area contributed by atoms with Crippen LogP contribution in [0.3, 0.4) is 0 Å². The van der Waals surface area contributed by atoms with Gasteiger partial charge < -0.3 is 20.3 Å². The second-order valence-electron chi connectivity index (χ2n) is 11.5. The average Bonchev–Trinajstić information content (AvgIpc) is 2.92. The smallest absolute Gasteiger partial charge is 0.408 e. The Kier molecular flexibility index (Phi) is 14.2. The maximum absolute atomic E-state index is 14.3. The quantitative estimate of drug-likeness (QED) is 0.227. The molecule has 0 aliphatic rings. The van der Waals surface area contributed by atoms with E-state index in [1.54, 1.807) is 37.4 Å². The highest BCUT2D eigenvalue weighted by Crippen LogP contribution is 2.26. The zero-order chi connectivity index (χ0) is 30.4. The minimum Gasteiger partial charge on any atom is -0.444 e. The van der Waals surface area contributed by atoms with Crippen molar-refractivity contribution >= 4 is 29.7 Å². The van der Waals surface area contributed by atoms with Crippen LogP contribution in [-0.2, 0) is 20.9 Å². The summed E-state index contributed by atoms with van der Waals surface area (Å²) in [6.45, 7) is 12.3. The number of unbranched alkanes of at least 4 members (excludes halogenated alkanes) is 3. The zero-order valence-electron chi connectivity index (χ0n) is 25.9. The molecule has 0 heterocycles. The van der Waals surface area contributed by atoms with Crippen molar-refractivity contribution in [3.05, 3.63) is 70.8 Å². The molecule has 3 amide bonds. The van der Waals surface area contributed by atoms with E-state index < -0.39 is 23.8 Å². The number of hydrogen-bond donors (Lipinski definition) is 2. The molecular weight excluding hydrogens is 534 g/mol. The number of alkyl carbamates (subject to hydrolysis) is 1. The number of amides is 3. The highest BCUT2D eigenvalue weighted by atomic mass is 32.2. The summed E-state index contributed by atoms with van der Waals surface area (Å²) in [4.78, 5) is 42.8. The molecule has 0 saturated carbocycles. The molecule has 0 spiro atoms. The molecular formula is C33H49N3O4S. The Morgan fingerprint density at radius 3 is 2.29 bits per heavy atom. The van der Waals surface area contributed by atoms with Gasteiger partial charge in [0.1, 0.15) is 17.7 Å². The van der Waals surface area contributed by atoms with E-state index in [4.69, 9.17) is 4.74 Å². The Hall–Kier alpha value is -3.00. The standard InChI is InChI=1S/C33H49N3O4S/c1-8-9-10-14-20-36(31(38)28(19-21-41-7)35-32(39)40-33(4,5)6)29(27-18-17-24(2)25(3)22-27)30(37)34-23-26-15-12-11-13-16-26/h11-13,15-18,22,28-29H,8-10,14,19-21,23H2,1-7H3,(H,34,37)(H,35,39). The first-order valence-electron chi connectivity index (χ1n) is 14.6. The average molecular weight is 584 g/mol. The molecule has 0 fully saturated rings. The molecule has 41 heavy (non-hydrogen) atoms. The van der Waals surface area contributed by atoms with Crippen LogP contribution in [0, 0.1) is 13.8 Å². The maximum Gasteiger partial charge on any atom is 0.408 e. The lowest BCUT2D eigenvalue weighted by Crippen LogP contribution is -2.53. The predicted molar refractivity (Wildman–Crippen MR) is 169 cm³/mol. The lowest BCUT2D eigenvalue weighted by atomic mass is 9.97. The number of nitrogens with zero attached hydrogens (tertiary/aromatic N) is 1. The van der Waals surface area contributed by atoms with Gasteiger partial charge in [-0.3, -0.25) is 9.59 Å². The third-order valence-electron chi connectivity index (χ3n) is 6.85. The summed E-state index contributed by atoms with van der Waals surface area (Å²) in [5.74, 6) is 0.144. The highest BCUT2D eigenvalue weighted by molar-refractivity contribution is 7.98. The normalized spacial score (nSPS) is 12.8. The molecule has 2 unspecified atom stereocenters. The monoisotopic (exact) mass is 583 g/mol. The molecule has 2 atom stereocenters. The number of thioether (sulfide) groups is 1. The van der Waals surface area contributed by atoms with Crippen molar-refractivity contribution < 1.29 is 19.1 Å². The minimum absolute atomic E-state index is 0.248. The van der Waals surface area contributed by atoms with Gasteiger partial charge in [-0.2, -0.15) is 11.8 Å². The van der Waals surface area contributed by atoms with E-state index in [2.05, 4.69) is 17.6 Å². The molecule has 226 valence electrons. The van der Waals surface area contributed by atoms with Gasteiger partial charge >= 0.3 is 6.09 Å². The van der Waals surface area contributed by atoms with Gasteiger partial charge in [0.15, 0.2) is 0 Å². The number of hydrogen-bond acceptors (Lipinski definition) is 5. The Morgan fingerprint density at radius 2 is 1.68 bits per heavy atom. The summed E-state index contributed by atoms with van der Waals surface area (Å²) in [6.07, 6.45) is 5.56. The summed E-state index contributed by atoms with van der Waals surface area (Å²) in [5.41, 5.74) is 3.19. The molecule has 0 saturated heterocycles. The number of carbonyl (C=O) groups excluding carboxylic acids is 3. The summed E-state index contributed by atoms with van der Waals surface area (Å²) in [6, 6.07) is 14.0. The highest BCUT2D eigenvalue weighted by Gasteiger charge is 2.36. The van der Waals surface area contributed by atoms with Gasteiger partial charge in [0.25, 0.3) is 0 Å². The van der Waals surface area contributed by atoms with Crippen LogP contribution in [0.5, 0.6) is 0 Å². The number of rotatable bonds is 15. The fraction of sp³-hybridized carbons (Fsp3) is 0.545. The van der Waals surface area contributed by atoms with Crippen molar-refractivity contribution in [3.63, 3.8) is 0 Å². The molecule has 2 aromatic carbocycles. The van der Waals surface area contributed by atoms with E-state index >= 15 is 0 Å². The fourth-order valence-electron chi connectivity index (χ4n) is 4.51. The first-order valence-corrected chi connectivity index (χ1v) is 16.0. The van der Waals surface area contributed by atoms with Gasteiger partial charge in [-0.25, -0.2) is 4.79 Å². The van der Waals surface area contributed by atoms with Crippen LogP contribution in [0.15, 0.2) is 48.5 Å². The van der Waals surface area contributed by atoms with Gasteiger partial charge in [0.2, 0.25) is 11.8 Å². The van der Waals surface area contributed by atoms with Crippen molar-refractivity contribution in [3.8, 4) is 0 Å². The topological polar surface area (TPSA) is 87.7 Å². The summed E-state index contributed by atoms with van der Waals surface area (Å²) < 4.78 is 5.49. The van der Waals surface area contributed by atoms with E-state index in [0.29, 0.717) is 25.3 Å². The predicted octanol–water partition coefficient (Wildman–Crippen LogP) is 6.72. The third kappa shape index (κ3) is 11.8. The van der Waals surface area contributed by atoms with Crippen molar-refractivity contribution in [2.24, 2.45) is 0 Å². The van der Waals surface area contributed by atoms with Crippen LogP contribution in [-0.4, -0.2) is 53.0 Å². The van der Waals surface area contributed by atoms with E-state index in [1.165, 1.54) is 0 Å². The van der Waals surface area contributed by atoms with Gasteiger partial charge in [-0.05, 0) is 81.7 Å². The van der Waals surface area contributed by atoms with E-state index in [1.807, 2.05) is 68.6 Å². The number of benzene rings is 2. The molecule has 8 heteroatoms. The fourth-order valence-corrected chi connectivity index (χ4v) is 4.98. The number of carbonyl (C=O) groups is 3. The van der Waals surface area contributed by atoms with Gasteiger partial charge in [0.05, 0.1) is 0 Å². The summed E-state index contributed by atoms with van der Waals surface area (Å²) in [5, 5.41) is 5.89. The van der Waals surface area contributed by atoms with Crippen LogP contribution < -0.4 is 10.6 Å². The van der Waals surface area contributed by atoms with Gasteiger partial charge in [0, 0.05) is 13.1 Å². The van der Waals surface area contributed by atoms with Crippen LogP contribution in [0.25, 0.3) is 0 Å². The largest absolute Gasteiger partial charge is 0.444 e. The van der Waals surface area contributed by atoms with Gasteiger partial charge in [-0.1, -0.05) is 74.7 Å². The molecule has 0 aliphatic heterocycles. The lowest BCUT2D eigenvalue weighted by molar-refractivity contribution is -0.142. The SMILES string of the molecule is CCCCCCN(C(=O)C(CCSC)NC(=O)OC(C)(C)C)C(C(=O)NCc1ccccc1)c1ccc(C)c(C)c1. The molecule has 2 N–H and O–H groups in total. The Labute approximate surface area is 251 Å². The van der Waals surface area contributed by atoms with E-state index in [-0.39, 0.29) is 11.8 Å². The summed E-state index contributed by atoms with van der Waals surface area (Å²) >= 11 is 1.60. The van der Waals surface area contributed by atoms with Crippen LogP contribution in [0.2, 0.25) is 0 Å². The lowest BCUT2D eigenvalue weighted by Gasteiger charge is -2.35. The molecule has 0 aromatic heterocycles. The molecule has 2 aromatic rings. The summed E-state index contributed by atoms with van der Waals surface area (Å²) in [7, 11) is 0. The third-order valence-corrected chi connectivity index (χ3v) is 7.50. The second kappa shape index (κ2) is 17.1. The second-order valence-corrected chi connectivity index (χ2v) is 12.5. The maximum atomic E-state index is 14.3. The van der Waals surface area contributed by atoms with Crippen molar-refractivity contribution in [1.82, 2.24) is 15.5 Å². The molecule has 0 aliphatic carbocycles. The molecule has 7 nitrogen and oxygen atoms in total. The number of aryl methyl sites for hydroxylation is 2. The van der Waals surface area contributed by atoms with Crippen molar-refractivity contribution in [2.45, 2.75) is 97.9 Å². The van der Waals surface area contributed by atoms with E-state index in [9.17, 15) is 14.4 Å². The van der Waals surface area contributed by atoms with Crippen LogP contribution in [0.1, 0.15) is 88.1 Å². The number of nitrogens with one attached hydrogen (secondary N) is 2. The number of ether oxygens (including phenoxy) is 1. The van der Waals surface area contributed by atoms with Crippen LogP contribution >= 0.6 is 11.8 Å². The van der Waals surface area contributed by atoms with Crippen molar-refractivity contribution in [2.75, 3.05) is 18.6 Å². The first-order chi connectivity index (χ1) is 19.5. The minimum atomic E-state index is -0.843. The van der Waals surface area contributed by atoms with E-state index in [0.717, 1.165) is 47.9 Å². The molecule has 0 bridgehead atoms. The van der Waals surface area contributed by atoms with Gasteiger partial charge in [-0.15, -0.1) is 0 Å². The first kappa shape index (κ1) is 34.2.